The molecule has 37 heavy (non-hydrogen) atoms. The highest BCUT2D eigenvalue weighted by Crippen LogP contribution is 2.33. The predicted octanol–water partition coefficient (Wildman–Crippen LogP) is 5.55. The number of nitrogens with one attached hydrogen (secondary N) is 1. The van der Waals surface area contributed by atoms with Crippen LogP contribution in [0.4, 0.5) is 0 Å². The first kappa shape index (κ1) is 26.2. The van der Waals surface area contributed by atoms with Crippen LogP contribution in [-0.2, 0) is 11.2 Å². The Morgan fingerprint density at radius 2 is 1.84 bits per heavy atom. The van der Waals surface area contributed by atoms with E-state index in [0.717, 1.165) is 22.8 Å². The molecule has 2 heterocycles. The Morgan fingerprint density at radius 3 is 2.57 bits per heavy atom. The van der Waals surface area contributed by atoms with Gasteiger partial charge in [-0.15, -0.1) is 6.58 Å². The maximum atomic E-state index is 12.7. The quantitative estimate of drug-likeness (QED) is 0.238. The van der Waals surface area contributed by atoms with E-state index in [4.69, 9.17) is 19.6 Å². The van der Waals surface area contributed by atoms with Gasteiger partial charge in [-0.3, -0.25) is 10.2 Å². The van der Waals surface area contributed by atoms with Crippen molar-refractivity contribution in [2.24, 2.45) is 16.0 Å². The van der Waals surface area contributed by atoms with Crippen molar-refractivity contribution in [3.8, 4) is 17.2 Å². The number of para-hydroxylation sites is 1. The lowest BCUT2D eigenvalue weighted by Gasteiger charge is -2.20. The van der Waals surface area contributed by atoms with Gasteiger partial charge in [0.2, 0.25) is 5.17 Å². The molecule has 2 aromatic rings. The van der Waals surface area contributed by atoms with E-state index in [0.29, 0.717) is 42.1 Å². The number of ether oxygens (including phenoxy) is 3. The number of nitrogens with zero attached hydrogens (tertiary/aromatic N) is 3. The van der Waals surface area contributed by atoms with Crippen molar-refractivity contribution in [1.29, 1.82) is 5.41 Å². The first-order valence-corrected chi connectivity index (χ1v) is 12.9. The van der Waals surface area contributed by atoms with Gasteiger partial charge in [0.15, 0.2) is 17.3 Å². The highest BCUT2D eigenvalue weighted by molar-refractivity contribution is 8.27. The van der Waals surface area contributed by atoms with Gasteiger partial charge in [-0.2, -0.15) is 15.1 Å². The van der Waals surface area contributed by atoms with E-state index in [-0.39, 0.29) is 17.3 Å². The van der Waals surface area contributed by atoms with Crippen molar-refractivity contribution in [3.63, 3.8) is 0 Å². The third kappa shape index (κ3) is 6.11. The largest absolute Gasteiger partial charge is 0.490 e. The van der Waals surface area contributed by atoms with Crippen LogP contribution in [-0.4, -0.2) is 46.8 Å². The summed E-state index contributed by atoms with van der Waals surface area (Å²) in [4.78, 5) is 16.8. The van der Waals surface area contributed by atoms with Gasteiger partial charge in [0.05, 0.1) is 12.2 Å². The maximum Gasteiger partial charge on any atom is 0.283 e. The van der Waals surface area contributed by atoms with Crippen molar-refractivity contribution >= 4 is 39.8 Å². The fraction of sp³-hybridized carbons (Fsp3) is 0.286. The number of benzene rings is 2. The summed E-state index contributed by atoms with van der Waals surface area (Å²) in [5.74, 6) is 1.65. The van der Waals surface area contributed by atoms with E-state index in [1.54, 1.807) is 18.2 Å². The molecule has 2 aliphatic rings. The second-order valence-corrected chi connectivity index (χ2v) is 9.54. The van der Waals surface area contributed by atoms with Gasteiger partial charge >= 0.3 is 0 Å². The van der Waals surface area contributed by atoms with Crippen LogP contribution in [0.15, 0.2) is 70.8 Å². The van der Waals surface area contributed by atoms with Crippen molar-refractivity contribution in [3.05, 3.63) is 71.8 Å². The molecule has 4 rings (SSSR count). The van der Waals surface area contributed by atoms with Crippen LogP contribution in [0.2, 0.25) is 0 Å². The number of allylic oxidation sites excluding steroid dienone is 1. The number of thioether (sulfide) groups is 1. The van der Waals surface area contributed by atoms with Crippen LogP contribution in [0.1, 0.15) is 31.9 Å². The second kappa shape index (κ2) is 11.9. The molecule has 9 heteroatoms. The number of hydrazone groups is 1. The van der Waals surface area contributed by atoms with Gasteiger partial charge in [0, 0.05) is 5.92 Å². The second-order valence-electron chi connectivity index (χ2n) is 8.55. The highest BCUT2D eigenvalue weighted by Gasteiger charge is 2.36. The molecule has 0 aromatic heterocycles. The van der Waals surface area contributed by atoms with Crippen molar-refractivity contribution in [1.82, 2.24) is 5.01 Å². The van der Waals surface area contributed by atoms with Crippen LogP contribution in [0.5, 0.6) is 17.2 Å². The number of hydrogen-bond donors (Lipinski definition) is 1. The molecule has 0 fully saturated rings. The maximum absolute atomic E-state index is 12.7. The summed E-state index contributed by atoms with van der Waals surface area (Å²) in [6, 6.07) is 13.2. The summed E-state index contributed by atoms with van der Waals surface area (Å²) in [7, 11) is 0. The minimum absolute atomic E-state index is 0.00493. The van der Waals surface area contributed by atoms with E-state index >= 15 is 0 Å². The van der Waals surface area contributed by atoms with Gasteiger partial charge in [-0.05, 0) is 60.5 Å². The highest BCUT2D eigenvalue weighted by atomic mass is 32.2. The molecule has 0 aliphatic carbocycles. The molecule has 1 amide bonds. The molecule has 192 valence electrons. The summed E-state index contributed by atoms with van der Waals surface area (Å²) in [6.07, 6.45) is 4.21. The molecule has 0 radical (unpaired) electrons. The van der Waals surface area contributed by atoms with E-state index < -0.39 is 5.91 Å². The van der Waals surface area contributed by atoms with Crippen molar-refractivity contribution in [2.75, 3.05) is 19.8 Å². The SMILES string of the molecule is C=CCc1ccccc1OCCOc1ccc(C=C2C(=N)N3N=C(C(C)C)SC3=NC2=O)cc1OCC. The zero-order valence-electron chi connectivity index (χ0n) is 21.2. The number of aliphatic imine (C=N–C) groups is 1. The van der Waals surface area contributed by atoms with Gasteiger partial charge < -0.3 is 14.2 Å². The smallest absolute Gasteiger partial charge is 0.283 e. The number of carbonyl (C=O) groups excluding carboxylic acids is 1. The van der Waals surface area contributed by atoms with E-state index in [1.165, 1.54) is 16.8 Å². The van der Waals surface area contributed by atoms with Crippen molar-refractivity contribution in [2.45, 2.75) is 27.2 Å². The van der Waals surface area contributed by atoms with Crippen LogP contribution in [0.3, 0.4) is 0 Å². The van der Waals surface area contributed by atoms with Crippen molar-refractivity contribution < 1.29 is 19.0 Å². The normalized spacial score (nSPS) is 16.0. The predicted molar refractivity (Wildman–Crippen MR) is 149 cm³/mol. The Morgan fingerprint density at radius 1 is 1.08 bits per heavy atom. The van der Waals surface area contributed by atoms with Gasteiger partial charge in [-0.1, -0.05) is 44.2 Å². The molecular formula is C28H30N4O4S. The molecule has 0 atom stereocenters. The average molecular weight is 519 g/mol. The monoisotopic (exact) mass is 518 g/mol. The minimum Gasteiger partial charge on any atom is -0.490 e. The lowest BCUT2D eigenvalue weighted by atomic mass is 10.1. The molecule has 0 spiro atoms. The molecule has 2 aliphatic heterocycles. The number of amides is 1. The summed E-state index contributed by atoms with van der Waals surface area (Å²) in [5, 5.41) is 15.7. The Hall–Kier alpha value is -3.85. The van der Waals surface area contributed by atoms with Gasteiger partial charge in [0.25, 0.3) is 5.91 Å². The summed E-state index contributed by atoms with van der Waals surface area (Å²) >= 11 is 1.33. The molecule has 0 bridgehead atoms. The standard InChI is InChI=1S/C28H30N4O4S/c1-5-9-20-10-7-8-11-22(20)35-14-15-36-23-13-12-19(17-24(23)34-6-2)16-21-25(29)32-28(30-26(21)33)37-27(31-32)18(3)4/h5,7-8,10-13,16-18,29H,1,6,9,14-15H2,2-4H3. The van der Waals surface area contributed by atoms with Gasteiger partial charge in [0.1, 0.15) is 24.0 Å². The van der Waals surface area contributed by atoms with Gasteiger partial charge in [-0.25, -0.2) is 0 Å². The summed E-state index contributed by atoms with van der Waals surface area (Å²) < 4.78 is 17.6. The Balaban J connectivity index is 1.46. The molecule has 1 N–H and O–H groups in total. The fourth-order valence-electron chi connectivity index (χ4n) is 3.68. The number of amidine groups is 2. The van der Waals surface area contributed by atoms with E-state index in [9.17, 15) is 4.79 Å². The summed E-state index contributed by atoms with van der Waals surface area (Å²) in [5.41, 5.74) is 1.93. The van der Waals surface area contributed by atoms with E-state index in [1.807, 2.05) is 57.2 Å². The van der Waals surface area contributed by atoms with Crippen LogP contribution < -0.4 is 14.2 Å². The topological polar surface area (TPSA) is 96.6 Å². The number of fused-ring (bicyclic) bond motifs is 1. The van der Waals surface area contributed by atoms with Crippen LogP contribution in [0, 0.1) is 11.3 Å². The zero-order chi connectivity index (χ0) is 26.4. The fourth-order valence-corrected chi connectivity index (χ4v) is 4.57. The third-order valence-electron chi connectivity index (χ3n) is 5.48. The molecule has 0 saturated heterocycles. The first-order chi connectivity index (χ1) is 17.9. The average Bonchev–Trinajstić information content (AvgIpc) is 3.31. The Kier molecular flexibility index (Phi) is 8.45. The Labute approximate surface area is 221 Å². The van der Waals surface area contributed by atoms with E-state index in [2.05, 4.69) is 16.7 Å². The molecule has 2 aromatic carbocycles. The zero-order valence-corrected chi connectivity index (χ0v) is 22.0. The summed E-state index contributed by atoms with van der Waals surface area (Å²) in [6.45, 7) is 10.8. The number of rotatable bonds is 11. The number of hydrogen-bond acceptors (Lipinski definition) is 7. The first-order valence-electron chi connectivity index (χ1n) is 12.1. The minimum atomic E-state index is -0.462. The lowest BCUT2D eigenvalue weighted by Crippen LogP contribution is -2.35. The molecule has 8 nitrogen and oxygen atoms in total. The Bertz CT molecular complexity index is 1300. The lowest BCUT2D eigenvalue weighted by molar-refractivity contribution is -0.114. The molecule has 0 saturated carbocycles. The van der Waals surface area contributed by atoms with Crippen LogP contribution >= 0.6 is 11.8 Å². The molecule has 0 unspecified atom stereocenters. The third-order valence-corrected chi connectivity index (χ3v) is 6.69. The van der Waals surface area contributed by atoms with Crippen LogP contribution in [0.25, 0.3) is 6.08 Å². The number of carbonyl (C=O) groups is 1. The molecular weight excluding hydrogens is 488 g/mol.